The van der Waals surface area contributed by atoms with Crippen molar-refractivity contribution >= 4 is 11.7 Å². The Labute approximate surface area is 275 Å². The summed E-state index contributed by atoms with van der Waals surface area (Å²) in [7, 11) is 0. The SMILES string of the molecule is O=C1N[C@@H](CC[C@H](O)c2ccc(F)cc2)[C@@H](c2ccc(-c3ccc(C4O[C@H](CO)[C@@H](O)[C@H](O)[C@H]4O)cc3)cc2O)N1c1ccc(F)cc1. The van der Waals surface area contributed by atoms with Crippen molar-refractivity contribution in [1.82, 2.24) is 5.32 Å². The number of rotatable bonds is 9. The second kappa shape index (κ2) is 14.0. The van der Waals surface area contributed by atoms with Crippen LogP contribution in [0, 0.1) is 11.6 Å². The first-order valence-corrected chi connectivity index (χ1v) is 15.6. The quantitative estimate of drug-likeness (QED) is 0.142. The fourth-order valence-corrected chi connectivity index (χ4v) is 6.48. The molecule has 0 saturated carbocycles. The number of urea groups is 1. The van der Waals surface area contributed by atoms with Crippen molar-refractivity contribution < 1.29 is 49.0 Å². The maximum Gasteiger partial charge on any atom is 0.322 e. The molecule has 2 saturated heterocycles. The van der Waals surface area contributed by atoms with Crippen LogP contribution in [0.4, 0.5) is 19.3 Å². The zero-order chi connectivity index (χ0) is 34.1. The monoisotopic (exact) mass is 662 g/mol. The Morgan fingerprint density at radius 3 is 2.06 bits per heavy atom. The van der Waals surface area contributed by atoms with Gasteiger partial charge in [0.05, 0.1) is 24.8 Å². The van der Waals surface area contributed by atoms with Crippen LogP contribution in [-0.4, -0.2) is 73.7 Å². The predicted octanol–water partition coefficient (Wildman–Crippen LogP) is 4.01. The van der Waals surface area contributed by atoms with Crippen molar-refractivity contribution in [3.63, 3.8) is 0 Å². The molecule has 0 spiro atoms. The summed E-state index contributed by atoms with van der Waals surface area (Å²) >= 11 is 0. The molecule has 4 aromatic rings. The van der Waals surface area contributed by atoms with Crippen LogP contribution in [0.2, 0.25) is 0 Å². The highest BCUT2D eigenvalue weighted by Crippen LogP contribution is 2.42. The van der Waals surface area contributed by atoms with E-state index in [9.17, 15) is 44.2 Å². The van der Waals surface area contributed by atoms with E-state index in [1.54, 1.807) is 42.5 Å². The van der Waals surface area contributed by atoms with Gasteiger partial charge in [-0.05, 0) is 77.6 Å². The van der Waals surface area contributed by atoms with Gasteiger partial charge in [0.1, 0.15) is 47.9 Å². The number of hydrogen-bond acceptors (Lipinski definition) is 8. The second-order valence-corrected chi connectivity index (χ2v) is 12.1. The molecule has 2 heterocycles. The number of phenolic OH excluding ortho intramolecular Hbond substituents is 1. The van der Waals surface area contributed by atoms with Gasteiger partial charge >= 0.3 is 6.03 Å². The molecule has 6 rings (SSSR count). The maximum atomic E-state index is 13.8. The number of amides is 2. The number of carbonyl (C=O) groups is 1. The fourth-order valence-electron chi connectivity index (χ4n) is 6.48. The lowest BCUT2D eigenvalue weighted by Crippen LogP contribution is -2.55. The summed E-state index contributed by atoms with van der Waals surface area (Å²) in [5, 5.41) is 65.4. The Kier molecular flexibility index (Phi) is 9.74. The van der Waals surface area contributed by atoms with Gasteiger partial charge in [-0.3, -0.25) is 4.90 Å². The third-order valence-corrected chi connectivity index (χ3v) is 9.11. The third kappa shape index (κ3) is 6.63. The lowest BCUT2D eigenvalue weighted by atomic mass is 9.90. The van der Waals surface area contributed by atoms with Crippen LogP contribution in [0.5, 0.6) is 5.75 Å². The Morgan fingerprint density at radius 2 is 1.44 bits per heavy atom. The van der Waals surface area contributed by atoms with Gasteiger partial charge in [-0.15, -0.1) is 0 Å². The van der Waals surface area contributed by atoms with Gasteiger partial charge in [-0.25, -0.2) is 13.6 Å². The molecule has 0 aromatic heterocycles. The molecule has 0 bridgehead atoms. The van der Waals surface area contributed by atoms with Gasteiger partial charge in [0.25, 0.3) is 0 Å². The number of anilines is 1. The summed E-state index contributed by atoms with van der Waals surface area (Å²) < 4.78 is 32.8. The van der Waals surface area contributed by atoms with E-state index in [-0.39, 0.29) is 12.2 Å². The highest BCUT2D eigenvalue weighted by atomic mass is 19.1. The van der Waals surface area contributed by atoms with E-state index in [1.165, 1.54) is 53.4 Å². The number of aliphatic hydroxyl groups is 5. The van der Waals surface area contributed by atoms with Gasteiger partial charge < -0.3 is 40.7 Å². The number of ether oxygens (including phenoxy) is 1. The zero-order valence-electron chi connectivity index (χ0n) is 25.6. The largest absolute Gasteiger partial charge is 0.508 e. The first-order chi connectivity index (χ1) is 23.0. The van der Waals surface area contributed by atoms with Gasteiger partial charge in [-0.2, -0.15) is 0 Å². The number of phenols is 1. The van der Waals surface area contributed by atoms with E-state index in [1.807, 2.05) is 0 Å². The predicted molar refractivity (Wildman–Crippen MR) is 171 cm³/mol. The fraction of sp³-hybridized carbons (Fsp3) is 0.306. The number of nitrogens with zero attached hydrogens (tertiary/aromatic N) is 1. The summed E-state index contributed by atoms with van der Waals surface area (Å²) in [5.74, 6) is -1.01. The van der Waals surface area contributed by atoms with E-state index in [0.29, 0.717) is 39.9 Å². The number of hydrogen-bond donors (Lipinski definition) is 7. The van der Waals surface area contributed by atoms with E-state index in [0.717, 1.165) is 0 Å². The van der Waals surface area contributed by atoms with Crippen molar-refractivity contribution in [2.75, 3.05) is 11.5 Å². The van der Waals surface area contributed by atoms with Crippen LogP contribution < -0.4 is 10.2 Å². The van der Waals surface area contributed by atoms with Gasteiger partial charge in [0.2, 0.25) is 0 Å². The van der Waals surface area contributed by atoms with Crippen molar-refractivity contribution in [2.24, 2.45) is 0 Å². The molecule has 10 nitrogen and oxygen atoms in total. The number of aromatic hydroxyl groups is 1. The molecule has 12 heteroatoms. The summed E-state index contributed by atoms with van der Waals surface area (Å²) in [6, 6.07) is 21.0. The summed E-state index contributed by atoms with van der Waals surface area (Å²) in [6.45, 7) is -0.540. The van der Waals surface area contributed by atoms with Crippen LogP contribution in [0.3, 0.4) is 0 Å². The highest BCUT2D eigenvalue weighted by Gasteiger charge is 2.44. The topological polar surface area (TPSA) is 163 Å². The smallest absolute Gasteiger partial charge is 0.322 e. The minimum atomic E-state index is -1.51. The van der Waals surface area contributed by atoms with E-state index >= 15 is 0 Å². The average Bonchev–Trinajstić information content (AvgIpc) is 3.42. The van der Waals surface area contributed by atoms with E-state index in [4.69, 9.17) is 4.74 Å². The first kappa shape index (κ1) is 33.5. The summed E-state index contributed by atoms with van der Waals surface area (Å²) in [6.07, 6.45) is -6.83. The van der Waals surface area contributed by atoms with Crippen molar-refractivity contribution in [1.29, 1.82) is 0 Å². The molecule has 2 aliphatic rings. The average molecular weight is 663 g/mol. The Hall–Kier alpha value is -4.43. The van der Waals surface area contributed by atoms with Crippen molar-refractivity contribution in [2.45, 2.75) is 61.5 Å². The number of aliphatic hydroxyl groups excluding tert-OH is 5. The summed E-state index contributed by atoms with van der Waals surface area (Å²) in [5.41, 5.74) is 3.18. The second-order valence-electron chi connectivity index (χ2n) is 12.1. The van der Waals surface area contributed by atoms with Crippen LogP contribution >= 0.6 is 0 Å². The van der Waals surface area contributed by atoms with Crippen molar-refractivity contribution in [3.05, 3.63) is 119 Å². The number of carbonyl (C=O) groups excluding carboxylic acids is 1. The van der Waals surface area contributed by atoms with Gasteiger partial charge in [0, 0.05) is 11.3 Å². The molecule has 252 valence electrons. The molecule has 7 N–H and O–H groups in total. The standard InChI is InChI=1S/C36H36F2N2O8/c37-23-8-5-20(6-9-23)28(42)16-15-27-31(40(36(47)39-27)25-12-10-24(38)11-13-25)26-14-7-22(17-29(26)43)19-1-3-21(4-2-19)35-34(46)33(45)32(44)30(18-41)48-35/h1-14,17,27-28,30-35,41-46H,15-16,18H2,(H,39,47)/t27-,28-,30+,31+,32+,33-,34+,35?/m0/s1. The molecule has 1 unspecified atom stereocenters. The molecule has 0 aliphatic carbocycles. The molecular formula is C36H36F2N2O8. The normalized spacial score (nSPS) is 26.4. The van der Waals surface area contributed by atoms with Crippen LogP contribution in [-0.2, 0) is 4.74 Å². The lowest BCUT2D eigenvalue weighted by molar-refractivity contribution is -0.231. The van der Waals surface area contributed by atoms with Gasteiger partial charge in [0.15, 0.2) is 0 Å². The van der Waals surface area contributed by atoms with E-state index < -0.39 is 73.0 Å². The van der Waals surface area contributed by atoms with Gasteiger partial charge in [-0.1, -0.05) is 48.5 Å². The first-order valence-electron chi connectivity index (χ1n) is 15.6. The molecule has 48 heavy (non-hydrogen) atoms. The minimum absolute atomic E-state index is 0.108. The molecular weight excluding hydrogens is 626 g/mol. The molecule has 2 aliphatic heterocycles. The lowest BCUT2D eigenvalue weighted by Gasteiger charge is -2.40. The zero-order valence-corrected chi connectivity index (χ0v) is 25.6. The molecule has 2 fully saturated rings. The minimum Gasteiger partial charge on any atom is -0.508 e. The summed E-state index contributed by atoms with van der Waals surface area (Å²) in [4.78, 5) is 14.8. The third-order valence-electron chi connectivity index (χ3n) is 9.11. The number of benzene rings is 4. The van der Waals surface area contributed by atoms with Crippen LogP contribution in [0.1, 0.15) is 47.8 Å². The Balaban J connectivity index is 1.26. The Bertz CT molecular complexity index is 1720. The number of nitrogens with one attached hydrogen (secondary N) is 1. The highest BCUT2D eigenvalue weighted by molar-refractivity contribution is 5.96. The van der Waals surface area contributed by atoms with Crippen LogP contribution in [0.15, 0.2) is 91.0 Å². The molecule has 4 aromatic carbocycles. The van der Waals surface area contributed by atoms with Crippen molar-refractivity contribution in [3.8, 4) is 16.9 Å². The Morgan fingerprint density at radius 1 is 0.812 bits per heavy atom. The molecule has 8 atom stereocenters. The van der Waals surface area contributed by atoms with E-state index in [2.05, 4.69) is 5.32 Å². The molecule has 0 radical (unpaired) electrons. The van der Waals surface area contributed by atoms with Crippen LogP contribution in [0.25, 0.3) is 11.1 Å². The molecule has 2 amide bonds. The maximum absolute atomic E-state index is 13.8. The number of halogens is 2.